The van der Waals surface area contributed by atoms with E-state index in [0.717, 1.165) is 11.0 Å². The maximum atomic E-state index is 12.6. The second-order valence-corrected chi connectivity index (χ2v) is 9.05. The van der Waals surface area contributed by atoms with Crippen molar-refractivity contribution in [2.24, 2.45) is 0 Å². The molecule has 0 aliphatic carbocycles. The van der Waals surface area contributed by atoms with Crippen molar-refractivity contribution in [2.75, 3.05) is 17.6 Å². The Kier molecular flexibility index (Phi) is 6.80. The lowest BCUT2D eigenvalue weighted by molar-refractivity contribution is -0.384. The summed E-state index contributed by atoms with van der Waals surface area (Å²) in [5, 5.41) is 14.5. The molecule has 0 aliphatic heterocycles. The van der Waals surface area contributed by atoms with Crippen LogP contribution in [0.2, 0.25) is 0 Å². The quantitative estimate of drug-likeness (QED) is 0.216. The number of carbonyl (C=O) groups excluding carboxylic acids is 1. The predicted molar refractivity (Wildman–Crippen MR) is 120 cm³/mol. The fourth-order valence-electron chi connectivity index (χ4n) is 2.60. The second kappa shape index (κ2) is 10.1. The van der Waals surface area contributed by atoms with Crippen LogP contribution in [-0.4, -0.2) is 31.5 Å². The molecule has 0 atom stereocenters. The topological polar surface area (TPSA) is 118 Å². The number of thioether (sulfide) groups is 1. The molecular formula is C21H19N3O5S2. The van der Waals surface area contributed by atoms with Gasteiger partial charge in [0, 0.05) is 28.8 Å². The average Bonchev–Trinajstić information content (AvgIpc) is 2.77. The van der Waals surface area contributed by atoms with Crippen LogP contribution in [0.3, 0.4) is 0 Å². The monoisotopic (exact) mass is 458 g/mol. The van der Waals surface area contributed by atoms with Crippen molar-refractivity contribution < 1.29 is 19.5 Å². The van der Waals surface area contributed by atoms with E-state index in [1.165, 1.54) is 18.2 Å². The molecule has 8 nitrogen and oxygen atoms in total. The van der Waals surface area contributed by atoms with Crippen LogP contribution in [0.5, 0.6) is 0 Å². The van der Waals surface area contributed by atoms with E-state index < -0.39 is 37.5 Å². The smallest absolute Gasteiger partial charge is 0.293 e. The van der Waals surface area contributed by atoms with Crippen LogP contribution in [0.25, 0.3) is 0 Å². The first-order valence-electron chi connectivity index (χ1n) is 9.61. The van der Waals surface area contributed by atoms with Crippen molar-refractivity contribution in [1.82, 2.24) is 4.72 Å². The number of rotatable bonds is 9. The molecule has 3 aromatic rings. The predicted octanol–water partition coefficient (Wildman–Crippen LogP) is 3.92. The van der Waals surface area contributed by atoms with Gasteiger partial charge in [-0.1, -0.05) is 36.4 Å². The first kappa shape index (κ1) is 20.9. The molecule has 3 rings (SSSR count). The highest BCUT2D eigenvalue weighted by Gasteiger charge is 2.23. The van der Waals surface area contributed by atoms with Gasteiger partial charge in [-0.25, -0.2) is 13.1 Å². The molecular weight excluding hydrogens is 438 g/mol. The van der Waals surface area contributed by atoms with Crippen LogP contribution < -0.4 is 10.0 Å². The minimum Gasteiger partial charge on any atom is -0.379 e. The third-order valence-corrected chi connectivity index (χ3v) is 6.35. The summed E-state index contributed by atoms with van der Waals surface area (Å²) in [5.41, 5.74) is -0.543. The highest BCUT2D eigenvalue weighted by atomic mass is 32.2. The summed E-state index contributed by atoms with van der Waals surface area (Å²) in [6.45, 7) is 0.358. The van der Waals surface area contributed by atoms with Gasteiger partial charge in [-0.3, -0.25) is 14.9 Å². The lowest BCUT2D eigenvalue weighted by Gasteiger charge is -2.10. The summed E-state index contributed by atoms with van der Waals surface area (Å²) in [4.78, 5) is 23.4. The summed E-state index contributed by atoms with van der Waals surface area (Å²) in [7, 11) is -4.50. The molecule has 0 aliphatic rings. The third kappa shape index (κ3) is 6.06. The maximum Gasteiger partial charge on any atom is 0.293 e. The molecule has 0 heterocycles. The number of carbonyl (C=O) groups is 1. The molecule has 0 fully saturated rings. The fourth-order valence-corrected chi connectivity index (χ4v) is 4.34. The minimum absolute atomic E-state index is 0.0296. The maximum absolute atomic E-state index is 12.6. The highest BCUT2D eigenvalue weighted by molar-refractivity contribution is 7.99. The summed E-state index contributed by atoms with van der Waals surface area (Å²) >= 11 is 1.55. The largest absolute Gasteiger partial charge is 0.379 e. The van der Waals surface area contributed by atoms with E-state index >= 15 is 0 Å². The van der Waals surface area contributed by atoms with Crippen molar-refractivity contribution in [3.8, 4) is 0 Å². The Bertz CT molecular complexity index is 1220. The van der Waals surface area contributed by atoms with Gasteiger partial charge in [0.1, 0.15) is 5.69 Å². The number of hydrogen-bond acceptors (Lipinski definition) is 7. The number of nitro benzene ring substituents is 1. The normalized spacial score (nSPS) is 11.4. The van der Waals surface area contributed by atoms with E-state index in [9.17, 15) is 23.3 Å². The second-order valence-electron chi connectivity index (χ2n) is 6.23. The number of nitrogens with zero attached hydrogens (tertiary/aromatic N) is 1. The molecule has 3 aromatic carbocycles. The summed E-state index contributed by atoms with van der Waals surface area (Å²) in [5.74, 6) is -0.297. The van der Waals surface area contributed by atoms with E-state index in [0.29, 0.717) is 12.3 Å². The first-order chi connectivity index (χ1) is 15.3. The van der Waals surface area contributed by atoms with Gasteiger partial charge >= 0.3 is 0 Å². The number of nitrogens with one attached hydrogen (secondary N) is 2. The van der Waals surface area contributed by atoms with E-state index in [4.69, 9.17) is 1.37 Å². The molecule has 0 unspecified atom stereocenters. The Labute approximate surface area is 185 Å². The molecule has 0 radical (unpaired) electrons. The molecule has 1 amide bonds. The van der Waals surface area contributed by atoms with Gasteiger partial charge in [-0.15, -0.1) is 11.8 Å². The molecule has 10 heteroatoms. The van der Waals surface area contributed by atoms with E-state index in [1.807, 2.05) is 35.1 Å². The highest BCUT2D eigenvalue weighted by Crippen LogP contribution is 2.28. The number of anilines is 1. The summed E-state index contributed by atoms with van der Waals surface area (Å²) < 4.78 is 35.3. The molecule has 2 N–H and O–H groups in total. The zero-order valence-electron chi connectivity index (χ0n) is 17.1. The zero-order valence-corrected chi connectivity index (χ0v) is 17.8. The van der Waals surface area contributed by atoms with Gasteiger partial charge in [0.15, 0.2) is 0 Å². The van der Waals surface area contributed by atoms with E-state index in [1.54, 1.807) is 30.0 Å². The van der Waals surface area contributed by atoms with Crippen molar-refractivity contribution in [1.29, 1.82) is 0 Å². The molecule has 0 saturated heterocycles. The number of amides is 1. The lowest BCUT2D eigenvalue weighted by Crippen LogP contribution is -2.30. The Balaban J connectivity index is 1.77. The van der Waals surface area contributed by atoms with Crippen LogP contribution in [0, 0.1) is 10.1 Å². The Morgan fingerprint density at radius 3 is 2.32 bits per heavy atom. The van der Waals surface area contributed by atoms with Crippen molar-refractivity contribution in [3.05, 3.63) is 94.5 Å². The number of nitro groups is 1. The van der Waals surface area contributed by atoms with Crippen molar-refractivity contribution in [2.45, 2.75) is 9.79 Å². The Morgan fingerprint density at radius 1 is 1.03 bits per heavy atom. The first-order valence-corrected chi connectivity index (χ1v) is 11.6. The van der Waals surface area contributed by atoms with Gasteiger partial charge in [-0.05, 0) is 36.4 Å². The molecule has 0 spiro atoms. The van der Waals surface area contributed by atoms with E-state index in [2.05, 4.69) is 5.32 Å². The van der Waals surface area contributed by atoms with Crippen LogP contribution in [0.1, 0.15) is 11.7 Å². The van der Waals surface area contributed by atoms with Gasteiger partial charge in [0.2, 0.25) is 0 Å². The number of hydrogen-bond donors (Lipinski definition) is 2. The van der Waals surface area contributed by atoms with Gasteiger partial charge in [0.25, 0.3) is 21.6 Å². The van der Waals surface area contributed by atoms with Crippen molar-refractivity contribution in [3.63, 3.8) is 0 Å². The summed E-state index contributed by atoms with van der Waals surface area (Å²) in [6, 6.07) is 18.8. The zero-order chi connectivity index (χ0) is 23.1. The standard InChI is InChI=1S/C21H19N3O5S2/c25-21(16-7-3-1-4-8-16)23-31(28,29)18-11-12-19(20(15-18)24(26)27)22-13-14-30-17-9-5-2-6-10-17/h1-12,15,22H,13-14H2,(H,23,25)/i15D. The number of sulfonamides is 1. The molecule has 31 heavy (non-hydrogen) atoms. The Hall–Kier alpha value is -3.37. The average molecular weight is 459 g/mol. The van der Waals surface area contributed by atoms with Gasteiger partial charge in [0.05, 0.1) is 11.2 Å². The van der Waals surface area contributed by atoms with Crippen molar-refractivity contribution >= 4 is 39.1 Å². The van der Waals surface area contributed by atoms with Crippen LogP contribution >= 0.6 is 11.8 Å². The van der Waals surface area contributed by atoms with Crippen LogP contribution in [0.15, 0.2) is 88.6 Å². The van der Waals surface area contributed by atoms with Crippen LogP contribution in [0.4, 0.5) is 11.4 Å². The number of benzene rings is 3. The molecule has 0 saturated carbocycles. The molecule has 0 bridgehead atoms. The molecule has 0 aromatic heterocycles. The fraction of sp³-hybridized carbons (Fsp3) is 0.0952. The Morgan fingerprint density at radius 2 is 1.68 bits per heavy atom. The lowest BCUT2D eigenvalue weighted by atomic mass is 10.2. The van der Waals surface area contributed by atoms with Gasteiger partial charge in [-0.2, -0.15) is 0 Å². The SMILES string of the molecule is [2H]c1c(S(=O)(=O)NC(=O)c2ccccc2)ccc(NCCSc2ccccc2)c1[N+](=O)[O-]. The third-order valence-electron chi connectivity index (χ3n) is 4.06. The van der Waals surface area contributed by atoms with E-state index in [-0.39, 0.29) is 11.3 Å². The minimum atomic E-state index is -4.50. The van der Waals surface area contributed by atoms with Crippen LogP contribution in [-0.2, 0) is 10.0 Å². The van der Waals surface area contributed by atoms with Gasteiger partial charge < -0.3 is 5.32 Å². The molecule has 160 valence electrons. The summed E-state index contributed by atoms with van der Waals surface area (Å²) in [6.07, 6.45) is 0.